The maximum Gasteiger partial charge on any atom is 0.0952 e. The molecule has 0 aromatic heterocycles. The molecule has 0 saturated carbocycles. The zero-order valence-corrected chi connectivity index (χ0v) is 14.6. The lowest BCUT2D eigenvalue weighted by Gasteiger charge is -2.46. The summed E-state index contributed by atoms with van der Waals surface area (Å²) in [6.45, 7) is 9.27. The van der Waals surface area contributed by atoms with Crippen LogP contribution in [0.2, 0.25) is 0 Å². The van der Waals surface area contributed by atoms with E-state index in [-0.39, 0.29) is 5.66 Å². The number of hydrogen-bond donors (Lipinski definition) is 1. The molecule has 1 atom stereocenters. The van der Waals surface area contributed by atoms with Crippen LogP contribution in [0.25, 0.3) is 0 Å². The summed E-state index contributed by atoms with van der Waals surface area (Å²) in [5, 5.41) is 0. The molecule has 2 aliphatic rings. The zero-order chi connectivity index (χ0) is 15.8. The Bertz CT molecular complexity index is 523. The van der Waals surface area contributed by atoms with E-state index in [0.29, 0.717) is 5.41 Å². The van der Waals surface area contributed by atoms with Gasteiger partial charge in [0.05, 0.1) is 5.66 Å². The smallest absolute Gasteiger partial charge is 0.0952 e. The molecular weight excluding hydrogens is 268 g/mol. The van der Waals surface area contributed by atoms with Gasteiger partial charge in [0.25, 0.3) is 0 Å². The van der Waals surface area contributed by atoms with Crippen LogP contribution in [0, 0.1) is 5.41 Å². The molecule has 1 aliphatic heterocycles. The maximum absolute atomic E-state index is 6.95. The van der Waals surface area contributed by atoms with Crippen molar-refractivity contribution >= 4 is 0 Å². The number of hydrogen-bond acceptors (Lipinski definition) is 2. The van der Waals surface area contributed by atoms with E-state index in [2.05, 4.69) is 43.9 Å². The molecule has 0 bridgehead atoms. The number of aryl methyl sites for hydroxylation is 1. The fraction of sp³-hybridized carbons (Fsp3) is 0.700. The molecule has 1 aromatic carbocycles. The Morgan fingerprint density at radius 1 is 1.09 bits per heavy atom. The molecule has 0 amide bonds. The summed E-state index contributed by atoms with van der Waals surface area (Å²) >= 11 is 0. The highest BCUT2D eigenvalue weighted by Crippen LogP contribution is 2.38. The molecule has 1 unspecified atom stereocenters. The average molecular weight is 300 g/mol. The molecule has 1 aliphatic carbocycles. The van der Waals surface area contributed by atoms with Crippen molar-refractivity contribution in [2.75, 3.05) is 13.1 Å². The Hall–Kier alpha value is -0.860. The third-order valence-electron chi connectivity index (χ3n) is 5.29. The predicted octanol–water partition coefficient (Wildman–Crippen LogP) is 4.21. The number of likely N-dealkylation sites (tertiary alicyclic amines) is 1. The van der Waals surface area contributed by atoms with Gasteiger partial charge in [0.2, 0.25) is 0 Å². The first-order chi connectivity index (χ1) is 10.4. The minimum atomic E-state index is -0.214. The fourth-order valence-electron chi connectivity index (χ4n) is 4.30. The quantitative estimate of drug-likeness (QED) is 0.886. The van der Waals surface area contributed by atoms with Crippen molar-refractivity contribution in [3.05, 3.63) is 34.9 Å². The van der Waals surface area contributed by atoms with Gasteiger partial charge >= 0.3 is 0 Å². The van der Waals surface area contributed by atoms with Gasteiger partial charge in [-0.2, -0.15) is 0 Å². The number of nitrogens with two attached hydrogens (primary N) is 1. The van der Waals surface area contributed by atoms with E-state index >= 15 is 0 Å². The van der Waals surface area contributed by atoms with E-state index < -0.39 is 0 Å². The summed E-state index contributed by atoms with van der Waals surface area (Å²) in [7, 11) is 0. The first-order valence-corrected chi connectivity index (χ1v) is 9.05. The number of fused-ring (bicyclic) bond motifs is 1. The number of nitrogens with zero attached hydrogens (tertiary/aromatic N) is 1. The molecule has 2 heteroatoms. The van der Waals surface area contributed by atoms with Gasteiger partial charge in [-0.3, -0.25) is 4.90 Å². The third-order valence-corrected chi connectivity index (χ3v) is 5.29. The number of benzene rings is 1. The molecule has 122 valence electrons. The monoisotopic (exact) mass is 300 g/mol. The molecule has 1 aromatic rings. The van der Waals surface area contributed by atoms with E-state index in [1.165, 1.54) is 61.9 Å². The zero-order valence-electron chi connectivity index (χ0n) is 14.6. The highest BCUT2D eigenvalue weighted by Gasteiger charge is 2.38. The summed E-state index contributed by atoms with van der Waals surface area (Å²) in [6.07, 6.45) is 8.63. The molecule has 2 nitrogen and oxygen atoms in total. The summed E-state index contributed by atoms with van der Waals surface area (Å²) in [6, 6.07) is 7.09. The van der Waals surface area contributed by atoms with E-state index in [0.717, 1.165) is 12.8 Å². The van der Waals surface area contributed by atoms with Crippen LogP contribution in [-0.2, 0) is 18.5 Å². The summed E-state index contributed by atoms with van der Waals surface area (Å²) < 4.78 is 0. The molecule has 2 N–H and O–H groups in total. The largest absolute Gasteiger partial charge is 0.309 e. The summed E-state index contributed by atoms with van der Waals surface area (Å²) in [4.78, 5) is 2.55. The first kappa shape index (κ1) is 16.0. The van der Waals surface area contributed by atoms with Gasteiger partial charge < -0.3 is 5.73 Å². The van der Waals surface area contributed by atoms with Crippen molar-refractivity contribution in [1.29, 1.82) is 0 Å². The van der Waals surface area contributed by atoms with Gasteiger partial charge in [0.1, 0.15) is 0 Å². The average Bonchev–Trinajstić information content (AvgIpc) is 2.46. The Labute approximate surface area is 136 Å². The van der Waals surface area contributed by atoms with Gasteiger partial charge in [-0.05, 0) is 60.6 Å². The normalized spacial score (nSPS) is 26.7. The van der Waals surface area contributed by atoms with E-state index in [9.17, 15) is 0 Å². The van der Waals surface area contributed by atoms with Crippen LogP contribution < -0.4 is 5.73 Å². The molecular formula is C20H32N2. The summed E-state index contributed by atoms with van der Waals surface area (Å²) in [5.74, 6) is 0. The lowest BCUT2D eigenvalue weighted by atomic mass is 9.79. The van der Waals surface area contributed by atoms with E-state index in [1.807, 2.05) is 0 Å². The predicted molar refractivity (Wildman–Crippen MR) is 93.8 cm³/mol. The van der Waals surface area contributed by atoms with Crippen LogP contribution in [0.4, 0.5) is 0 Å². The topological polar surface area (TPSA) is 29.3 Å². The Morgan fingerprint density at radius 3 is 2.50 bits per heavy atom. The maximum atomic E-state index is 6.95. The van der Waals surface area contributed by atoms with Gasteiger partial charge in [-0.1, -0.05) is 45.4 Å². The molecule has 1 saturated heterocycles. The highest BCUT2D eigenvalue weighted by atomic mass is 15.3. The second-order valence-corrected chi connectivity index (χ2v) is 8.55. The van der Waals surface area contributed by atoms with Crippen molar-refractivity contribution in [2.24, 2.45) is 11.1 Å². The Balaban J connectivity index is 1.90. The standard InChI is InChI=1S/C20H32N2/c1-19(2,3)15-16-9-10-18-17(14-16)8-7-11-20(18,21)22-12-5-4-6-13-22/h9-10,14H,4-8,11-13,15,21H2,1-3H3. The second kappa shape index (κ2) is 5.98. The van der Waals surface area contributed by atoms with E-state index in [1.54, 1.807) is 0 Å². The minimum Gasteiger partial charge on any atom is -0.309 e. The highest BCUT2D eigenvalue weighted by molar-refractivity contribution is 5.39. The van der Waals surface area contributed by atoms with Crippen LogP contribution in [0.5, 0.6) is 0 Å². The van der Waals surface area contributed by atoms with Crippen LogP contribution >= 0.6 is 0 Å². The van der Waals surface area contributed by atoms with Crippen molar-refractivity contribution in [3.63, 3.8) is 0 Å². The number of rotatable bonds is 2. The van der Waals surface area contributed by atoms with Gasteiger partial charge in [-0.25, -0.2) is 0 Å². The van der Waals surface area contributed by atoms with Crippen molar-refractivity contribution in [2.45, 2.75) is 71.4 Å². The van der Waals surface area contributed by atoms with Gasteiger partial charge in [0, 0.05) is 13.1 Å². The summed E-state index contributed by atoms with van der Waals surface area (Å²) in [5.41, 5.74) is 11.4. The van der Waals surface area contributed by atoms with Crippen molar-refractivity contribution < 1.29 is 0 Å². The van der Waals surface area contributed by atoms with Crippen molar-refractivity contribution in [1.82, 2.24) is 4.90 Å². The lowest BCUT2D eigenvalue weighted by Crippen LogP contribution is -2.56. The molecule has 3 rings (SSSR count). The molecule has 1 fully saturated rings. The SMILES string of the molecule is CC(C)(C)Cc1ccc2c(c1)CCCC2(N)N1CCCCC1. The Kier molecular flexibility index (Phi) is 4.35. The molecule has 0 spiro atoms. The van der Waals surface area contributed by atoms with E-state index in [4.69, 9.17) is 5.73 Å². The molecule has 0 radical (unpaired) electrons. The minimum absolute atomic E-state index is 0.214. The van der Waals surface area contributed by atoms with Crippen LogP contribution in [0.15, 0.2) is 18.2 Å². The van der Waals surface area contributed by atoms with Gasteiger partial charge in [-0.15, -0.1) is 0 Å². The van der Waals surface area contributed by atoms with Crippen LogP contribution in [0.1, 0.15) is 69.6 Å². The fourth-order valence-corrected chi connectivity index (χ4v) is 4.30. The van der Waals surface area contributed by atoms with Crippen LogP contribution in [0.3, 0.4) is 0 Å². The molecule has 1 heterocycles. The first-order valence-electron chi connectivity index (χ1n) is 9.05. The second-order valence-electron chi connectivity index (χ2n) is 8.55. The van der Waals surface area contributed by atoms with Crippen molar-refractivity contribution in [3.8, 4) is 0 Å². The molecule has 22 heavy (non-hydrogen) atoms. The van der Waals surface area contributed by atoms with Crippen LogP contribution in [-0.4, -0.2) is 18.0 Å². The lowest BCUT2D eigenvalue weighted by molar-refractivity contribution is 0.0528. The third kappa shape index (κ3) is 3.23. The Morgan fingerprint density at radius 2 is 1.82 bits per heavy atom. The number of piperidine rings is 1. The van der Waals surface area contributed by atoms with Gasteiger partial charge in [0.15, 0.2) is 0 Å².